The van der Waals surface area contributed by atoms with Gasteiger partial charge in [0, 0.05) is 30.9 Å². The molecule has 3 aromatic rings. The van der Waals surface area contributed by atoms with Crippen LogP contribution in [0.1, 0.15) is 18.4 Å². The van der Waals surface area contributed by atoms with E-state index in [1.165, 1.54) is 11.1 Å². The highest BCUT2D eigenvalue weighted by atomic mass is 19.1. The lowest BCUT2D eigenvalue weighted by molar-refractivity contribution is -0.120. The molecule has 3 heterocycles. The van der Waals surface area contributed by atoms with Gasteiger partial charge < -0.3 is 19.8 Å². The number of phenols is 1. The van der Waals surface area contributed by atoms with E-state index in [1.807, 2.05) is 0 Å². The van der Waals surface area contributed by atoms with Gasteiger partial charge in [-0.3, -0.25) is 9.69 Å². The van der Waals surface area contributed by atoms with E-state index in [4.69, 9.17) is 4.52 Å². The normalized spacial score (nSPS) is 16.0. The van der Waals surface area contributed by atoms with Crippen LogP contribution in [0.3, 0.4) is 0 Å². The van der Waals surface area contributed by atoms with Crippen LogP contribution in [0.15, 0.2) is 28.9 Å². The molecule has 11 heteroatoms. The van der Waals surface area contributed by atoms with Crippen molar-refractivity contribution >= 4 is 29.0 Å². The fourth-order valence-electron chi connectivity index (χ4n) is 3.15. The highest BCUT2D eigenvalue weighted by Crippen LogP contribution is 2.35. The monoisotopic (exact) mass is 416 g/mol. The minimum absolute atomic E-state index is 0.0272. The lowest BCUT2D eigenvalue weighted by Crippen LogP contribution is -2.50. The number of phenolic OH excluding ortho intramolecular Hbond substituents is 1. The van der Waals surface area contributed by atoms with Crippen LogP contribution in [0.5, 0.6) is 5.75 Å². The standard InChI is InChI=1S/C19H18F2N6O3/c1-9-4-12(30-25-9)8-27-15-7-22-19(24-17(15)26(3)10(2)18(27)29)23-11-5-13(20)16(28)14(21)6-11/h4-7,10,28H,8H2,1-3H3,(H,22,23,24)/t10-/m1/s1. The van der Waals surface area contributed by atoms with Crippen LogP contribution in [0, 0.1) is 18.6 Å². The number of amides is 1. The zero-order valence-corrected chi connectivity index (χ0v) is 16.3. The van der Waals surface area contributed by atoms with Gasteiger partial charge in [0.15, 0.2) is 29.0 Å². The molecular formula is C19H18F2N6O3. The van der Waals surface area contributed by atoms with Crippen molar-refractivity contribution in [1.29, 1.82) is 0 Å². The molecule has 9 nitrogen and oxygen atoms in total. The van der Waals surface area contributed by atoms with Crippen LogP contribution >= 0.6 is 0 Å². The van der Waals surface area contributed by atoms with Crippen molar-refractivity contribution in [2.75, 3.05) is 22.2 Å². The maximum atomic E-state index is 13.6. The fourth-order valence-corrected chi connectivity index (χ4v) is 3.15. The Hall–Kier alpha value is -3.76. The number of rotatable bonds is 4. The molecule has 0 aliphatic carbocycles. The Morgan fingerprint density at radius 1 is 1.27 bits per heavy atom. The minimum Gasteiger partial charge on any atom is -0.503 e. The molecule has 1 amide bonds. The van der Waals surface area contributed by atoms with Gasteiger partial charge in [0.2, 0.25) is 11.9 Å². The molecule has 1 aliphatic heterocycles. The van der Waals surface area contributed by atoms with E-state index in [2.05, 4.69) is 20.4 Å². The van der Waals surface area contributed by atoms with Crippen molar-refractivity contribution in [2.24, 2.45) is 0 Å². The number of carbonyl (C=O) groups is 1. The average Bonchev–Trinajstić information content (AvgIpc) is 3.12. The fraction of sp³-hybridized carbons (Fsp3) is 0.263. The summed E-state index contributed by atoms with van der Waals surface area (Å²) in [6, 6.07) is 3.08. The van der Waals surface area contributed by atoms with Crippen LogP contribution < -0.4 is 15.1 Å². The molecule has 0 saturated heterocycles. The summed E-state index contributed by atoms with van der Waals surface area (Å²) in [6.07, 6.45) is 1.45. The van der Waals surface area contributed by atoms with Gasteiger partial charge in [0.25, 0.3) is 0 Å². The summed E-state index contributed by atoms with van der Waals surface area (Å²) in [6.45, 7) is 3.69. The van der Waals surface area contributed by atoms with Crippen molar-refractivity contribution in [3.05, 3.63) is 47.5 Å². The molecule has 0 radical (unpaired) electrons. The molecule has 1 aliphatic rings. The predicted octanol–water partition coefficient (Wildman–Crippen LogP) is 2.87. The van der Waals surface area contributed by atoms with E-state index in [9.17, 15) is 18.7 Å². The molecule has 2 N–H and O–H groups in total. The third kappa shape index (κ3) is 3.38. The Bertz CT molecular complexity index is 1110. The van der Waals surface area contributed by atoms with Gasteiger partial charge in [-0.2, -0.15) is 4.98 Å². The number of halogens is 2. The number of hydrogen-bond donors (Lipinski definition) is 2. The number of aromatic nitrogens is 3. The zero-order chi connectivity index (χ0) is 21.6. The number of nitrogens with one attached hydrogen (secondary N) is 1. The summed E-state index contributed by atoms with van der Waals surface area (Å²) in [5.41, 5.74) is 1.19. The largest absolute Gasteiger partial charge is 0.503 e. The van der Waals surface area contributed by atoms with E-state index >= 15 is 0 Å². The van der Waals surface area contributed by atoms with Gasteiger partial charge >= 0.3 is 0 Å². The quantitative estimate of drug-likeness (QED) is 0.625. The Labute approximate surface area is 169 Å². The summed E-state index contributed by atoms with van der Waals surface area (Å²) >= 11 is 0. The first kappa shape index (κ1) is 19.6. The third-order valence-corrected chi connectivity index (χ3v) is 4.84. The van der Waals surface area contributed by atoms with Crippen molar-refractivity contribution in [3.63, 3.8) is 0 Å². The first-order valence-corrected chi connectivity index (χ1v) is 9.03. The number of fused-ring (bicyclic) bond motifs is 1. The summed E-state index contributed by atoms with van der Waals surface area (Å²) < 4.78 is 32.4. The predicted molar refractivity (Wildman–Crippen MR) is 104 cm³/mol. The Morgan fingerprint density at radius 2 is 1.97 bits per heavy atom. The number of likely N-dealkylation sites (N-methyl/N-ethyl adjacent to an activating group) is 1. The molecule has 0 fully saturated rings. The lowest BCUT2D eigenvalue weighted by atomic mass is 10.1. The second kappa shape index (κ2) is 7.25. The van der Waals surface area contributed by atoms with Gasteiger partial charge in [0.1, 0.15) is 11.7 Å². The van der Waals surface area contributed by atoms with E-state index < -0.39 is 23.4 Å². The molecule has 0 bridgehead atoms. The Morgan fingerprint density at radius 3 is 2.60 bits per heavy atom. The number of aromatic hydroxyl groups is 1. The van der Waals surface area contributed by atoms with Crippen LogP contribution in [0.25, 0.3) is 0 Å². The molecule has 1 aromatic carbocycles. The minimum atomic E-state index is -1.11. The van der Waals surface area contributed by atoms with Crippen LogP contribution in [0.4, 0.5) is 31.9 Å². The second-order valence-corrected chi connectivity index (χ2v) is 6.96. The number of aryl methyl sites for hydroxylation is 1. The number of carbonyl (C=O) groups excluding carboxylic acids is 1. The number of hydrogen-bond acceptors (Lipinski definition) is 8. The maximum absolute atomic E-state index is 13.6. The number of benzene rings is 1. The molecule has 0 spiro atoms. The molecule has 156 valence electrons. The number of anilines is 4. The molecule has 1 atom stereocenters. The van der Waals surface area contributed by atoms with Gasteiger partial charge in [-0.05, 0) is 13.8 Å². The topological polar surface area (TPSA) is 108 Å². The van der Waals surface area contributed by atoms with E-state index in [0.29, 0.717) is 23.0 Å². The maximum Gasteiger partial charge on any atom is 0.250 e. The Balaban J connectivity index is 1.68. The molecule has 0 saturated carbocycles. The second-order valence-electron chi connectivity index (χ2n) is 6.96. The number of nitrogens with zero attached hydrogens (tertiary/aromatic N) is 5. The van der Waals surface area contributed by atoms with Crippen LogP contribution in [0.2, 0.25) is 0 Å². The van der Waals surface area contributed by atoms with Crippen molar-refractivity contribution in [2.45, 2.75) is 26.4 Å². The van der Waals surface area contributed by atoms with E-state index in [1.54, 1.807) is 31.9 Å². The van der Waals surface area contributed by atoms with Crippen LogP contribution in [-0.2, 0) is 11.3 Å². The average molecular weight is 416 g/mol. The SMILES string of the molecule is Cc1cc(CN2C(=O)[C@@H](C)N(C)c3nc(Nc4cc(F)c(O)c(F)c4)ncc32)on1. The van der Waals surface area contributed by atoms with Crippen molar-refractivity contribution < 1.29 is 23.2 Å². The van der Waals surface area contributed by atoms with Gasteiger partial charge in [0.05, 0.1) is 18.4 Å². The van der Waals surface area contributed by atoms with Crippen molar-refractivity contribution in [3.8, 4) is 5.75 Å². The smallest absolute Gasteiger partial charge is 0.250 e. The molecule has 30 heavy (non-hydrogen) atoms. The van der Waals surface area contributed by atoms with Gasteiger partial charge in [-0.1, -0.05) is 5.16 Å². The lowest BCUT2D eigenvalue weighted by Gasteiger charge is -2.38. The van der Waals surface area contributed by atoms with Gasteiger partial charge in [-0.25, -0.2) is 13.8 Å². The van der Waals surface area contributed by atoms with Gasteiger partial charge in [-0.15, -0.1) is 0 Å². The summed E-state index contributed by atoms with van der Waals surface area (Å²) in [5.74, 6) is -2.40. The highest BCUT2D eigenvalue weighted by Gasteiger charge is 2.36. The highest BCUT2D eigenvalue weighted by molar-refractivity contribution is 6.04. The molecule has 2 aromatic heterocycles. The van der Waals surface area contributed by atoms with E-state index in [-0.39, 0.29) is 24.1 Å². The first-order chi connectivity index (χ1) is 14.2. The van der Waals surface area contributed by atoms with E-state index in [0.717, 1.165) is 12.1 Å². The third-order valence-electron chi connectivity index (χ3n) is 4.84. The van der Waals surface area contributed by atoms with Crippen molar-refractivity contribution in [1.82, 2.24) is 15.1 Å². The first-order valence-electron chi connectivity index (χ1n) is 9.03. The molecular weight excluding hydrogens is 398 g/mol. The summed E-state index contributed by atoms with van der Waals surface area (Å²) in [4.78, 5) is 24.6. The molecule has 4 rings (SSSR count). The Kier molecular flexibility index (Phi) is 4.72. The zero-order valence-electron chi connectivity index (χ0n) is 16.3. The summed E-state index contributed by atoms with van der Waals surface area (Å²) in [7, 11) is 1.72. The molecule has 0 unspecified atom stereocenters. The summed E-state index contributed by atoms with van der Waals surface area (Å²) in [5, 5.41) is 15.8. The van der Waals surface area contributed by atoms with Crippen LogP contribution in [-0.4, -0.2) is 39.2 Å².